The van der Waals surface area contributed by atoms with Gasteiger partial charge in [0.25, 0.3) is 0 Å². The second-order valence-corrected chi connectivity index (χ2v) is 4.47. The first-order valence-corrected chi connectivity index (χ1v) is 6.17. The number of para-hydroxylation sites is 1. The molecule has 0 aliphatic heterocycles. The molecule has 2 aromatic rings. The van der Waals surface area contributed by atoms with Crippen LogP contribution in [0.25, 0.3) is 0 Å². The lowest BCUT2D eigenvalue weighted by Crippen LogP contribution is -2.18. The van der Waals surface area contributed by atoms with Gasteiger partial charge in [-0.1, -0.05) is 55.5 Å². The quantitative estimate of drug-likeness (QED) is 0.889. The highest BCUT2D eigenvalue weighted by atomic mass is 16.5. The van der Waals surface area contributed by atoms with E-state index >= 15 is 0 Å². The van der Waals surface area contributed by atoms with Gasteiger partial charge in [0.15, 0.2) is 0 Å². The maximum Gasteiger partial charge on any atom is 0.123 e. The zero-order valence-corrected chi connectivity index (χ0v) is 10.8. The van der Waals surface area contributed by atoms with E-state index in [1.165, 1.54) is 5.56 Å². The van der Waals surface area contributed by atoms with Crippen molar-refractivity contribution in [2.24, 2.45) is 5.73 Å². The molecular weight excluding hydrogens is 222 g/mol. The fraction of sp³-hybridized carbons (Fsp3) is 0.250. The van der Waals surface area contributed by atoms with Crippen LogP contribution in [0.3, 0.4) is 0 Å². The van der Waals surface area contributed by atoms with Gasteiger partial charge in [0, 0.05) is 17.5 Å². The van der Waals surface area contributed by atoms with Crippen LogP contribution in [0, 0.1) is 0 Å². The van der Waals surface area contributed by atoms with E-state index in [9.17, 15) is 0 Å². The molecule has 0 bridgehead atoms. The van der Waals surface area contributed by atoms with Crippen LogP contribution in [-0.2, 0) is 0 Å². The maximum absolute atomic E-state index is 6.37. The zero-order valence-electron chi connectivity index (χ0n) is 10.8. The average molecular weight is 241 g/mol. The summed E-state index contributed by atoms with van der Waals surface area (Å²) in [5, 5.41) is 0. The summed E-state index contributed by atoms with van der Waals surface area (Å²) in [6, 6.07) is 18.2. The van der Waals surface area contributed by atoms with Crippen LogP contribution < -0.4 is 10.5 Å². The van der Waals surface area contributed by atoms with Crippen molar-refractivity contribution in [2.75, 3.05) is 7.11 Å². The molecule has 2 unspecified atom stereocenters. The molecule has 0 aliphatic carbocycles. The first-order valence-electron chi connectivity index (χ1n) is 6.17. The van der Waals surface area contributed by atoms with Gasteiger partial charge < -0.3 is 10.5 Å². The third-order valence-corrected chi connectivity index (χ3v) is 3.36. The fourth-order valence-electron chi connectivity index (χ4n) is 2.18. The Balaban J connectivity index is 2.28. The Kier molecular flexibility index (Phi) is 4.00. The molecule has 0 radical (unpaired) electrons. The summed E-state index contributed by atoms with van der Waals surface area (Å²) in [4.78, 5) is 0. The molecule has 2 nitrogen and oxygen atoms in total. The lowest BCUT2D eigenvalue weighted by atomic mass is 9.89. The van der Waals surface area contributed by atoms with Crippen molar-refractivity contribution in [1.29, 1.82) is 0 Å². The van der Waals surface area contributed by atoms with E-state index in [4.69, 9.17) is 10.5 Å². The summed E-state index contributed by atoms with van der Waals surface area (Å²) in [6.07, 6.45) is 0. The summed E-state index contributed by atoms with van der Waals surface area (Å²) < 4.78 is 5.37. The largest absolute Gasteiger partial charge is 0.496 e. The van der Waals surface area contributed by atoms with Crippen molar-refractivity contribution in [3.63, 3.8) is 0 Å². The van der Waals surface area contributed by atoms with Crippen molar-refractivity contribution in [2.45, 2.75) is 18.9 Å². The van der Waals surface area contributed by atoms with E-state index in [0.717, 1.165) is 11.3 Å². The van der Waals surface area contributed by atoms with Gasteiger partial charge in [0.1, 0.15) is 5.75 Å². The summed E-state index contributed by atoms with van der Waals surface area (Å²) in [7, 11) is 1.68. The van der Waals surface area contributed by atoms with Crippen LogP contribution >= 0.6 is 0 Å². The molecule has 0 heterocycles. The Morgan fingerprint density at radius 2 is 1.56 bits per heavy atom. The Morgan fingerprint density at radius 1 is 0.944 bits per heavy atom. The van der Waals surface area contributed by atoms with Gasteiger partial charge in [0.2, 0.25) is 0 Å². The normalized spacial score (nSPS) is 13.9. The monoisotopic (exact) mass is 241 g/mol. The molecular formula is C16H19NO. The number of methoxy groups -OCH3 is 1. The van der Waals surface area contributed by atoms with Crippen LogP contribution in [0.5, 0.6) is 5.75 Å². The van der Waals surface area contributed by atoms with Gasteiger partial charge >= 0.3 is 0 Å². The molecule has 0 spiro atoms. The van der Waals surface area contributed by atoms with E-state index in [0.29, 0.717) is 0 Å². The molecule has 94 valence electrons. The number of ether oxygens (including phenoxy) is 1. The van der Waals surface area contributed by atoms with Gasteiger partial charge in [0.05, 0.1) is 7.11 Å². The van der Waals surface area contributed by atoms with Crippen LogP contribution in [-0.4, -0.2) is 7.11 Å². The van der Waals surface area contributed by atoms with E-state index in [1.54, 1.807) is 7.11 Å². The lowest BCUT2D eigenvalue weighted by Gasteiger charge is -2.22. The number of rotatable bonds is 4. The minimum Gasteiger partial charge on any atom is -0.496 e. The molecule has 0 saturated heterocycles. The second-order valence-electron chi connectivity index (χ2n) is 4.47. The van der Waals surface area contributed by atoms with Crippen LogP contribution in [0.2, 0.25) is 0 Å². The zero-order chi connectivity index (χ0) is 13.0. The average Bonchev–Trinajstić information content (AvgIpc) is 2.46. The van der Waals surface area contributed by atoms with Crippen LogP contribution in [0.4, 0.5) is 0 Å². The first kappa shape index (κ1) is 12.7. The topological polar surface area (TPSA) is 35.2 Å². The fourth-order valence-corrected chi connectivity index (χ4v) is 2.18. The summed E-state index contributed by atoms with van der Waals surface area (Å²) >= 11 is 0. The summed E-state index contributed by atoms with van der Waals surface area (Å²) in [5.41, 5.74) is 8.67. The molecule has 0 amide bonds. The predicted octanol–water partition coefficient (Wildman–Crippen LogP) is 3.50. The highest BCUT2D eigenvalue weighted by Crippen LogP contribution is 2.33. The van der Waals surface area contributed by atoms with Crippen LogP contribution in [0.1, 0.15) is 30.0 Å². The van der Waals surface area contributed by atoms with Gasteiger partial charge in [-0.05, 0) is 11.6 Å². The molecule has 0 fully saturated rings. The lowest BCUT2D eigenvalue weighted by molar-refractivity contribution is 0.402. The van der Waals surface area contributed by atoms with Gasteiger partial charge in [-0.15, -0.1) is 0 Å². The summed E-state index contributed by atoms with van der Waals surface area (Å²) in [6.45, 7) is 2.15. The van der Waals surface area contributed by atoms with E-state index in [-0.39, 0.29) is 12.0 Å². The first-order chi connectivity index (χ1) is 8.74. The maximum atomic E-state index is 6.37. The standard InChI is InChI=1S/C16H19NO/c1-12(13-8-4-3-5-9-13)16(17)14-10-6-7-11-15(14)18-2/h3-12,16H,17H2,1-2H3. The summed E-state index contributed by atoms with van der Waals surface area (Å²) in [5.74, 6) is 1.11. The smallest absolute Gasteiger partial charge is 0.123 e. The molecule has 2 rings (SSSR count). The third-order valence-electron chi connectivity index (χ3n) is 3.36. The van der Waals surface area contributed by atoms with Gasteiger partial charge in [-0.2, -0.15) is 0 Å². The Hall–Kier alpha value is -1.80. The van der Waals surface area contributed by atoms with Crippen molar-refractivity contribution >= 4 is 0 Å². The van der Waals surface area contributed by atoms with Gasteiger partial charge in [-0.25, -0.2) is 0 Å². The second kappa shape index (κ2) is 5.69. The highest BCUT2D eigenvalue weighted by Gasteiger charge is 2.19. The van der Waals surface area contributed by atoms with E-state index in [2.05, 4.69) is 19.1 Å². The number of nitrogens with two attached hydrogens (primary N) is 1. The SMILES string of the molecule is COc1ccccc1C(N)C(C)c1ccccc1. The van der Waals surface area contributed by atoms with Gasteiger partial charge in [-0.3, -0.25) is 0 Å². The molecule has 0 saturated carbocycles. The molecule has 0 aromatic heterocycles. The minimum atomic E-state index is -0.0662. The van der Waals surface area contributed by atoms with Crippen LogP contribution in [0.15, 0.2) is 54.6 Å². The Labute approximate surface area is 108 Å². The van der Waals surface area contributed by atoms with E-state index < -0.39 is 0 Å². The Morgan fingerprint density at radius 3 is 2.22 bits per heavy atom. The highest BCUT2D eigenvalue weighted by molar-refractivity contribution is 5.38. The molecule has 0 aliphatic rings. The molecule has 18 heavy (non-hydrogen) atoms. The van der Waals surface area contributed by atoms with Crippen molar-refractivity contribution in [1.82, 2.24) is 0 Å². The van der Waals surface area contributed by atoms with E-state index in [1.807, 2.05) is 42.5 Å². The molecule has 2 atom stereocenters. The third kappa shape index (κ3) is 2.54. The Bertz CT molecular complexity index is 495. The number of benzene rings is 2. The minimum absolute atomic E-state index is 0.0662. The predicted molar refractivity (Wildman–Crippen MR) is 74.8 cm³/mol. The van der Waals surface area contributed by atoms with Crippen molar-refractivity contribution in [3.05, 3.63) is 65.7 Å². The number of hydrogen-bond donors (Lipinski definition) is 1. The molecule has 2 aromatic carbocycles. The molecule has 2 heteroatoms. The number of hydrogen-bond acceptors (Lipinski definition) is 2. The van der Waals surface area contributed by atoms with Crippen molar-refractivity contribution < 1.29 is 4.74 Å². The molecule has 2 N–H and O–H groups in total. The van der Waals surface area contributed by atoms with Crippen molar-refractivity contribution in [3.8, 4) is 5.75 Å².